The maximum absolute atomic E-state index is 11.2. The minimum atomic E-state index is -0.0238. The summed E-state index contributed by atoms with van der Waals surface area (Å²) in [5.41, 5.74) is 5.57. The van der Waals surface area contributed by atoms with Crippen molar-refractivity contribution in [3.8, 4) is 5.69 Å². The molecule has 6 heteroatoms. The van der Waals surface area contributed by atoms with Gasteiger partial charge >= 0.3 is 0 Å². The van der Waals surface area contributed by atoms with Gasteiger partial charge in [0.1, 0.15) is 0 Å². The molecule has 22 heavy (non-hydrogen) atoms. The van der Waals surface area contributed by atoms with Gasteiger partial charge in [-0.05, 0) is 23.8 Å². The highest BCUT2D eigenvalue weighted by molar-refractivity contribution is 6.03. The van der Waals surface area contributed by atoms with E-state index >= 15 is 0 Å². The van der Waals surface area contributed by atoms with Crippen LogP contribution in [0.4, 0.5) is 0 Å². The first-order chi connectivity index (χ1) is 10.2. The van der Waals surface area contributed by atoms with Crippen LogP contribution in [-0.2, 0) is 4.79 Å². The Labute approximate surface area is 135 Å². The van der Waals surface area contributed by atoms with E-state index in [9.17, 15) is 4.79 Å². The molecule has 0 saturated carbocycles. The lowest BCUT2D eigenvalue weighted by atomic mass is 9.99. The Balaban J connectivity index is 0.00000176. The van der Waals surface area contributed by atoms with E-state index in [2.05, 4.69) is 15.5 Å². The number of carbonyl (C=O) groups is 1. The first-order valence-electron chi connectivity index (χ1n) is 6.85. The van der Waals surface area contributed by atoms with E-state index in [0.717, 1.165) is 17.0 Å². The van der Waals surface area contributed by atoms with Crippen LogP contribution in [0.5, 0.6) is 0 Å². The highest BCUT2D eigenvalue weighted by atomic mass is 35.5. The molecule has 1 unspecified atom stereocenters. The van der Waals surface area contributed by atoms with Crippen LogP contribution in [-0.4, -0.2) is 21.2 Å². The number of nitrogens with one attached hydrogen (secondary N) is 1. The van der Waals surface area contributed by atoms with Gasteiger partial charge in [-0.2, -0.15) is 5.10 Å². The zero-order valence-corrected chi connectivity index (χ0v) is 13.0. The minimum absolute atomic E-state index is 0. The number of rotatable bonds is 3. The standard InChI is InChI=1S/C16H16N4O.ClH/c1-12-10-16(21)19-18-15(12)7-4-13-2-5-14(6-3-13)20-9-8-17-11-20;/h2-9,11-12H,10H2,1H3,(H,19,21);1H/b7-4+;. The Morgan fingerprint density at radius 2 is 2.05 bits per heavy atom. The quantitative estimate of drug-likeness (QED) is 0.946. The van der Waals surface area contributed by atoms with Gasteiger partial charge in [0.05, 0.1) is 12.0 Å². The highest BCUT2D eigenvalue weighted by Gasteiger charge is 2.17. The predicted molar refractivity (Wildman–Crippen MR) is 89.2 cm³/mol. The summed E-state index contributed by atoms with van der Waals surface area (Å²) in [6.45, 7) is 2.00. The number of hydrogen-bond acceptors (Lipinski definition) is 3. The van der Waals surface area contributed by atoms with Crippen molar-refractivity contribution >= 4 is 30.1 Å². The fourth-order valence-electron chi connectivity index (χ4n) is 2.22. The molecule has 5 nitrogen and oxygen atoms in total. The van der Waals surface area contributed by atoms with Crippen LogP contribution in [0.3, 0.4) is 0 Å². The lowest BCUT2D eigenvalue weighted by Crippen LogP contribution is -2.30. The first-order valence-corrected chi connectivity index (χ1v) is 6.85. The second kappa shape index (κ2) is 7.04. The number of benzene rings is 1. The molecular weight excluding hydrogens is 300 g/mol. The number of halogens is 1. The Morgan fingerprint density at radius 1 is 1.27 bits per heavy atom. The van der Waals surface area contributed by atoms with Crippen LogP contribution < -0.4 is 5.43 Å². The lowest BCUT2D eigenvalue weighted by molar-refractivity contribution is -0.121. The monoisotopic (exact) mass is 316 g/mol. The Kier molecular flexibility index (Phi) is 5.12. The van der Waals surface area contributed by atoms with Gasteiger partial charge in [0.25, 0.3) is 0 Å². The van der Waals surface area contributed by atoms with Gasteiger partial charge in [0.2, 0.25) is 5.91 Å². The van der Waals surface area contributed by atoms with Gasteiger partial charge in [0, 0.05) is 30.4 Å². The molecule has 2 heterocycles. The number of allylic oxidation sites excluding steroid dienone is 1. The molecular formula is C16H17ClN4O. The summed E-state index contributed by atoms with van der Waals surface area (Å²) in [4.78, 5) is 15.2. The van der Waals surface area contributed by atoms with Crippen LogP contribution in [0.25, 0.3) is 11.8 Å². The number of hydrogen-bond donors (Lipinski definition) is 1. The van der Waals surface area contributed by atoms with E-state index in [4.69, 9.17) is 0 Å². The van der Waals surface area contributed by atoms with Gasteiger partial charge in [-0.3, -0.25) is 4.79 Å². The number of amides is 1. The molecule has 0 aliphatic carbocycles. The third kappa shape index (κ3) is 3.62. The summed E-state index contributed by atoms with van der Waals surface area (Å²) in [6.07, 6.45) is 9.88. The van der Waals surface area contributed by atoms with Gasteiger partial charge in [0.15, 0.2) is 0 Å². The molecule has 0 bridgehead atoms. The van der Waals surface area contributed by atoms with Crippen molar-refractivity contribution in [2.75, 3.05) is 0 Å². The van der Waals surface area contributed by atoms with E-state index in [-0.39, 0.29) is 24.2 Å². The zero-order valence-electron chi connectivity index (χ0n) is 12.1. The van der Waals surface area contributed by atoms with Crippen LogP contribution >= 0.6 is 12.4 Å². The van der Waals surface area contributed by atoms with Gasteiger partial charge in [-0.25, -0.2) is 10.4 Å². The number of imidazole rings is 1. The summed E-state index contributed by atoms with van der Waals surface area (Å²) in [6, 6.07) is 8.15. The Morgan fingerprint density at radius 3 is 2.68 bits per heavy atom. The summed E-state index contributed by atoms with van der Waals surface area (Å²) < 4.78 is 1.95. The van der Waals surface area contributed by atoms with E-state index in [0.29, 0.717) is 6.42 Å². The van der Waals surface area contributed by atoms with Crippen molar-refractivity contribution in [3.63, 3.8) is 0 Å². The van der Waals surface area contributed by atoms with Gasteiger partial charge in [-0.1, -0.05) is 25.1 Å². The maximum Gasteiger partial charge on any atom is 0.240 e. The fraction of sp³-hybridized carbons (Fsp3) is 0.188. The van der Waals surface area contributed by atoms with E-state index in [1.807, 2.05) is 54.1 Å². The molecule has 0 radical (unpaired) electrons. The first kappa shape index (κ1) is 16.0. The van der Waals surface area contributed by atoms with E-state index < -0.39 is 0 Å². The molecule has 0 fully saturated rings. The number of carbonyl (C=O) groups excluding carboxylic acids is 1. The molecule has 2 aromatic rings. The van der Waals surface area contributed by atoms with Crippen molar-refractivity contribution in [3.05, 3.63) is 54.6 Å². The van der Waals surface area contributed by atoms with Crippen molar-refractivity contribution < 1.29 is 4.79 Å². The van der Waals surface area contributed by atoms with Crippen molar-refractivity contribution in [2.45, 2.75) is 13.3 Å². The lowest BCUT2D eigenvalue weighted by Gasteiger charge is -2.16. The smallest absolute Gasteiger partial charge is 0.240 e. The molecule has 1 aromatic heterocycles. The summed E-state index contributed by atoms with van der Waals surface area (Å²) in [7, 11) is 0. The normalized spacial score (nSPS) is 17.8. The number of nitrogens with zero attached hydrogens (tertiary/aromatic N) is 3. The van der Waals surface area contributed by atoms with Crippen molar-refractivity contribution in [1.82, 2.24) is 15.0 Å². The molecule has 1 atom stereocenters. The van der Waals surface area contributed by atoms with Gasteiger partial charge in [-0.15, -0.1) is 12.4 Å². The topological polar surface area (TPSA) is 59.3 Å². The van der Waals surface area contributed by atoms with Crippen LogP contribution in [0.1, 0.15) is 18.9 Å². The summed E-state index contributed by atoms with van der Waals surface area (Å²) in [5, 5.41) is 4.08. The molecule has 1 N–H and O–H groups in total. The Hall–Kier alpha value is -2.40. The maximum atomic E-state index is 11.2. The Bertz CT molecular complexity index is 689. The van der Waals surface area contributed by atoms with Crippen molar-refractivity contribution in [2.24, 2.45) is 11.0 Å². The molecule has 1 aliphatic heterocycles. The molecule has 114 valence electrons. The SMILES string of the molecule is CC1CC(=O)NN=C1/C=C/c1ccc(-n2ccnc2)cc1.Cl. The minimum Gasteiger partial charge on any atom is -0.306 e. The molecule has 1 amide bonds. The van der Waals surface area contributed by atoms with Crippen molar-refractivity contribution in [1.29, 1.82) is 0 Å². The average Bonchev–Trinajstić information content (AvgIpc) is 3.01. The third-order valence-corrected chi connectivity index (χ3v) is 3.45. The molecule has 1 aliphatic rings. The second-order valence-electron chi connectivity index (χ2n) is 5.07. The predicted octanol–water partition coefficient (Wildman–Crippen LogP) is 2.82. The second-order valence-corrected chi connectivity index (χ2v) is 5.07. The van der Waals surface area contributed by atoms with Crippen LogP contribution in [0.15, 0.2) is 54.2 Å². The molecule has 0 saturated heterocycles. The van der Waals surface area contributed by atoms with E-state index in [1.54, 1.807) is 12.5 Å². The fourth-order valence-corrected chi connectivity index (χ4v) is 2.22. The largest absolute Gasteiger partial charge is 0.306 e. The van der Waals surface area contributed by atoms with E-state index in [1.165, 1.54) is 0 Å². The third-order valence-electron chi connectivity index (χ3n) is 3.45. The number of aromatic nitrogens is 2. The summed E-state index contributed by atoms with van der Waals surface area (Å²) >= 11 is 0. The summed E-state index contributed by atoms with van der Waals surface area (Å²) in [5.74, 6) is 0.129. The van der Waals surface area contributed by atoms with Crippen LogP contribution in [0, 0.1) is 5.92 Å². The van der Waals surface area contributed by atoms with Crippen LogP contribution in [0.2, 0.25) is 0 Å². The number of hydrazone groups is 1. The average molecular weight is 317 g/mol. The zero-order chi connectivity index (χ0) is 14.7. The molecule has 1 aromatic carbocycles. The molecule has 0 spiro atoms. The molecule has 3 rings (SSSR count). The highest BCUT2D eigenvalue weighted by Crippen LogP contribution is 2.14. The van der Waals surface area contributed by atoms with Gasteiger partial charge < -0.3 is 4.57 Å².